The quantitative estimate of drug-likeness (QED) is 0.503. The highest BCUT2D eigenvalue weighted by molar-refractivity contribution is 5.16. The fourth-order valence-corrected chi connectivity index (χ4v) is 6.13. The van der Waals surface area contributed by atoms with Gasteiger partial charge in [0.05, 0.1) is 0 Å². The number of hydrogen-bond acceptors (Lipinski definition) is 0. The minimum Gasteiger partial charge on any atom is -0.0999 e. The third-order valence-electron chi connectivity index (χ3n) is 7.37. The largest absolute Gasteiger partial charge is 0.0999 e. The van der Waals surface area contributed by atoms with Gasteiger partial charge < -0.3 is 0 Å². The molecule has 0 heteroatoms. The smallest absolute Gasteiger partial charge is 0.0175 e. The maximum Gasteiger partial charge on any atom is -0.0175 e. The van der Waals surface area contributed by atoms with Crippen LogP contribution in [0.2, 0.25) is 0 Å². The summed E-state index contributed by atoms with van der Waals surface area (Å²) < 4.78 is 0. The van der Waals surface area contributed by atoms with Crippen LogP contribution < -0.4 is 0 Å². The van der Waals surface area contributed by atoms with Crippen LogP contribution in [0.25, 0.3) is 0 Å². The number of hydrogen-bond donors (Lipinski definition) is 0. The molecule has 112 valence electrons. The molecule has 20 heavy (non-hydrogen) atoms. The van der Waals surface area contributed by atoms with Crippen molar-refractivity contribution in [1.29, 1.82) is 0 Å². The Morgan fingerprint density at radius 2 is 1.95 bits per heavy atom. The first kappa shape index (κ1) is 14.4. The minimum absolute atomic E-state index is 0.562. The highest BCUT2D eigenvalue weighted by Gasteiger charge is 2.57. The molecule has 5 unspecified atom stereocenters. The Bertz CT molecular complexity index is 443. The number of fused-ring (bicyclic) bond motifs is 3. The predicted molar refractivity (Wildman–Crippen MR) is 87.6 cm³/mol. The van der Waals surface area contributed by atoms with Gasteiger partial charge in [-0.05, 0) is 87.4 Å². The van der Waals surface area contributed by atoms with Gasteiger partial charge in [-0.25, -0.2) is 0 Å². The third-order valence-corrected chi connectivity index (χ3v) is 7.37. The van der Waals surface area contributed by atoms with E-state index < -0.39 is 0 Å². The Kier molecular flexibility index (Phi) is 3.42. The van der Waals surface area contributed by atoms with Crippen molar-refractivity contribution in [2.45, 2.75) is 72.6 Å². The van der Waals surface area contributed by atoms with E-state index in [4.69, 9.17) is 0 Å². The van der Waals surface area contributed by atoms with Crippen molar-refractivity contribution in [3.8, 4) is 0 Å². The Hall–Kier alpha value is -0.520. The van der Waals surface area contributed by atoms with Gasteiger partial charge in [-0.3, -0.25) is 0 Å². The second-order valence-electron chi connectivity index (χ2n) is 8.64. The highest BCUT2D eigenvalue weighted by atomic mass is 14.6. The van der Waals surface area contributed by atoms with Gasteiger partial charge in [-0.1, -0.05) is 37.6 Å². The van der Waals surface area contributed by atoms with E-state index in [1.54, 1.807) is 5.57 Å². The van der Waals surface area contributed by atoms with E-state index in [2.05, 4.69) is 40.3 Å². The van der Waals surface area contributed by atoms with E-state index in [9.17, 15) is 0 Å². The molecule has 0 heterocycles. The Morgan fingerprint density at radius 1 is 1.20 bits per heavy atom. The molecule has 0 amide bonds. The predicted octanol–water partition coefficient (Wildman–Crippen LogP) is 6.14. The van der Waals surface area contributed by atoms with Crippen LogP contribution in [-0.2, 0) is 0 Å². The Labute approximate surface area is 125 Å². The molecule has 2 saturated carbocycles. The van der Waals surface area contributed by atoms with Crippen LogP contribution in [0.5, 0.6) is 0 Å². The summed E-state index contributed by atoms with van der Waals surface area (Å²) in [5, 5.41) is 0. The third kappa shape index (κ3) is 2.02. The minimum atomic E-state index is 0.562. The van der Waals surface area contributed by atoms with E-state index in [-0.39, 0.29) is 0 Å². The van der Waals surface area contributed by atoms with Crippen molar-refractivity contribution in [2.75, 3.05) is 0 Å². The van der Waals surface area contributed by atoms with Crippen LogP contribution >= 0.6 is 0 Å². The Morgan fingerprint density at radius 3 is 2.65 bits per heavy atom. The molecule has 3 aliphatic rings. The molecule has 0 aromatic carbocycles. The molecule has 0 aromatic heterocycles. The molecule has 0 bridgehead atoms. The Balaban J connectivity index is 1.93. The molecule has 5 atom stereocenters. The summed E-state index contributed by atoms with van der Waals surface area (Å²) in [5.41, 5.74) is 4.22. The molecule has 3 aliphatic carbocycles. The van der Waals surface area contributed by atoms with Gasteiger partial charge in [-0.2, -0.15) is 0 Å². The van der Waals surface area contributed by atoms with Crippen LogP contribution in [0, 0.1) is 28.6 Å². The van der Waals surface area contributed by atoms with E-state index in [0.29, 0.717) is 10.8 Å². The standard InChI is InChI=1S/C20H32/c1-14(2)16-9-13-20(5)17(16)10-12-19(4)11-8-15(3)6-7-18(19)20/h8,16-18H,1,6-7,9-13H2,2-5H3. The fraction of sp³-hybridized carbons (Fsp3) is 0.800. The molecule has 3 rings (SSSR count). The first-order valence-corrected chi connectivity index (χ1v) is 8.68. The number of rotatable bonds is 1. The van der Waals surface area contributed by atoms with Gasteiger partial charge >= 0.3 is 0 Å². The van der Waals surface area contributed by atoms with Crippen LogP contribution in [0.3, 0.4) is 0 Å². The van der Waals surface area contributed by atoms with Crippen molar-refractivity contribution < 1.29 is 0 Å². The highest BCUT2D eigenvalue weighted by Crippen LogP contribution is 2.66. The van der Waals surface area contributed by atoms with Gasteiger partial charge in [0.2, 0.25) is 0 Å². The first-order chi connectivity index (χ1) is 9.37. The second kappa shape index (κ2) is 4.75. The first-order valence-electron chi connectivity index (χ1n) is 8.68. The van der Waals surface area contributed by atoms with E-state index >= 15 is 0 Å². The van der Waals surface area contributed by atoms with Crippen molar-refractivity contribution in [2.24, 2.45) is 28.6 Å². The summed E-state index contributed by atoms with van der Waals surface area (Å²) in [6, 6.07) is 0. The lowest BCUT2D eigenvalue weighted by Crippen LogP contribution is -2.47. The summed E-state index contributed by atoms with van der Waals surface area (Å²) in [6.45, 7) is 14.1. The van der Waals surface area contributed by atoms with Gasteiger partial charge in [-0.15, -0.1) is 0 Å². The lowest BCUT2D eigenvalue weighted by molar-refractivity contribution is -0.0481. The second-order valence-corrected chi connectivity index (χ2v) is 8.64. The molecule has 0 aromatic rings. The zero-order valence-electron chi connectivity index (χ0n) is 14.0. The van der Waals surface area contributed by atoms with Gasteiger partial charge in [0.1, 0.15) is 0 Å². The summed E-state index contributed by atoms with van der Waals surface area (Å²) in [5.74, 6) is 2.64. The topological polar surface area (TPSA) is 0 Å². The maximum atomic E-state index is 4.30. The summed E-state index contributed by atoms with van der Waals surface area (Å²) in [6.07, 6.45) is 12.3. The lowest BCUT2D eigenvalue weighted by Gasteiger charge is -2.54. The van der Waals surface area contributed by atoms with Crippen molar-refractivity contribution in [1.82, 2.24) is 0 Å². The SMILES string of the molecule is C=C(C)C1CCC2(C)C1CCC1(C)CC=C(C)CCC12. The van der Waals surface area contributed by atoms with Crippen molar-refractivity contribution in [3.05, 3.63) is 23.8 Å². The summed E-state index contributed by atoms with van der Waals surface area (Å²) in [4.78, 5) is 0. The zero-order chi connectivity index (χ0) is 14.5. The molecular formula is C20H32. The van der Waals surface area contributed by atoms with E-state index in [1.165, 1.54) is 50.5 Å². The molecule has 0 radical (unpaired) electrons. The lowest BCUT2D eigenvalue weighted by atomic mass is 9.50. The van der Waals surface area contributed by atoms with Crippen LogP contribution in [0.4, 0.5) is 0 Å². The molecule has 2 fully saturated rings. The molecule has 0 nitrogen and oxygen atoms in total. The zero-order valence-corrected chi connectivity index (χ0v) is 14.0. The summed E-state index contributed by atoms with van der Waals surface area (Å²) >= 11 is 0. The average Bonchev–Trinajstić information content (AvgIpc) is 2.64. The van der Waals surface area contributed by atoms with Gasteiger partial charge in [0.25, 0.3) is 0 Å². The molecule has 0 N–H and O–H groups in total. The molecule has 0 aliphatic heterocycles. The number of allylic oxidation sites excluding steroid dienone is 3. The molecule has 0 spiro atoms. The monoisotopic (exact) mass is 272 g/mol. The van der Waals surface area contributed by atoms with E-state index in [1.807, 2.05) is 0 Å². The van der Waals surface area contributed by atoms with Crippen molar-refractivity contribution >= 4 is 0 Å². The normalized spacial score (nSPS) is 48.0. The average molecular weight is 272 g/mol. The van der Waals surface area contributed by atoms with Crippen LogP contribution in [0.15, 0.2) is 23.8 Å². The summed E-state index contributed by atoms with van der Waals surface area (Å²) in [7, 11) is 0. The van der Waals surface area contributed by atoms with E-state index in [0.717, 1.165) is 17.8 Å². The van der Waals surface area contributed by atoms with Crippen LogP contribution in [0.1, 0.15) is 72.6 Å². The van der Waals surface area contributed by atoms with Crippen molar-refractivity contribution in [3.63, 3.8) is 0 Å². The fourth-order valence-electron chi connectivity index (χ4n) is 6.13. The van der Waals surface area contributed by atoms with Gasteiger partial charge in [0.15, 0.2) is 0 Å². The molecular weight excluding hydrogens is 240 g/mol. The molecule has 0 saturated heterocycles. The maximum absolute atomic E-state index is 4.30. The van der Waals surface area contributed by atoms with Crippen LogP contribution in [-0.4, -0.2) is 0 Å². The van der Waals surface area contributed by atoms with Gasteiger partial charge in [0, 0.05) is 0 Å².